The number of amides is 1. The van der Waals surface area contributed by atoms with Gasteiger partial charge in [-0.2, -0.15) is 0 Å². The van der Waals surface area contributed by atoms with Crippen molar-refractivity contribution >= 4 is 5.91 Å². The van der Waals surface area contributed by atoms with Crippen LogP contribution in [0, 0.1) is 6.92 Å². The largest absolute Gasteiger partial charge is 0.492 e. The molecule has 2 aromatic rings. The van der Waals surface area contributed by atoms with Crippen LogP contribution in [0.2, 0.25) is 0 Å². The van der Waals surface area contributed by atoms with E-state index >= 15 is 0 Å². The Kier molecular flexibility index (Phi) is 8.33. The summed E-state index contributed by atoms with van der Waals surface area (Å²) in [5, 5.41) is 2.88. The van der Waals surface area contributed by atoms with E-state index in [-0.39, 0.29) is 12.5 Å². The molecule has 1 N–H and O–H groups in total. The van der Waals surface area contributed by atoms with Crippen LogP contribution in [0.4, 0.5) is 0 Å². The van der Waals surface area contributed by atoms with Gasteiger partial charge in [0, 0.05) is 13.1 Å². The zero-order valence-electron chi connectivity index (χ0n) is 17.6. The molecule has 5 nitrogen and oxygen atoms in total. The van der Waals surface area contributed by atoms with Gasteiger partial charge >= 0.3 is 0 Å². The first-order valence-corrected chi connectivity index (χ1v) is 9.71. The maximum absolute atomic E-state index is 12.1. The predicted molar refractivity (Wildman–Crippen MR) is 113 cm³/mol. The molecule has 0 aromatic heterocycles. The van der Waals surface area contributed by atoms with Crippen LogP contribution in [0.5, 0.6) is 11.5 Å². The Balaban J connectivity index is 1.74. The Bertz CT molecular complexity index is 755. The lowest BCUT2D eigenvalue weighted by molar-refractivity contribution is -0.123. The molecule has 152 valence electrons. The maximum Gasteiger partial charge on any atom is 0.258 e. The Hall–Kier alpha value is -2.53. The van der Waals surface area contributed by atoms with E-state index in [1.165, 1.54) is 11.1 Å². The third-order valence-electron chi connectivity index (χ3n) is 4.45. The van der Waals surface area contributed by atoms with Crippen molar-refractivity contribution in [1.82, 2.24) is 10.2 Å². The highest BCUT2D eigenvalue weighted by molar-refractivity contribution is 5.77. The van der Waals surface area contributed by atoms with Gasteiger partial charge in [-0.05, 0) is 67.9 Å². The van der Waals surface area contributed by atoms with E-state index in [4.69, 9.17) is 9.47 Å². The molecule has 0 atom stereocenters. The molecule has 2 aromatic carbocycles. The summed E-state index contributed by atoms with van der Waals surface area (Å²) in [6.45, 7) is 8.39. The molecule has 0 radical (unpaired) electrons. The van der Waals surface area contributed by atoms with Gasteiger partial charge in [0.15, 0.2) is 6.61 Å². The number of hydrogen-bond donors (Lipinski definition) is 1. The molecule has 0 spiro atoms. The number of carbonyl (C=O) groups excluding carboxylic acids is 1. The van der Waals surface area contributed by atoms with Crippen LogP contribution in [0.3, 0.4) is 0 Å². The van der Waals surface area contributed by atoms with Gasteiger partial charge in [0.2, 0.25) is 0 Å². The first kappa shape index (κ1) is 21.8. The lowest BCUT2D eigenvalue weighted by atomic mass is 9.98. The lowest BCUT2D eigenvalue weighted by Crippen LogP contribution is -2.28. The van der Waals surface area contributed by atoms with E-state index < -0.39 is 0 Å². The highest BCUT2D eigenvalue weighted by Gasteiger charge is 2.07. The molecule has 0 unspecified atom stereocenters. The molecule has 0 fully saturated rings. The third-order valence-corrected chi connectivity index (χ3v) is 4.45. The van der Waals surface area contributed by atoms with Gasteiger partial charge in [0.05, 0.1) is 0 Å². The third kappa shape index (κ3) is 7.24. The van der Waals surface area contributed by atoms with Crippen LogP contribution in [-0.2, 0) is 11.3 Å². The van der Waals surface area contributed by atoms with E-state index in [0.717, 1.165) is 23.6 Å². The number of hydrogen-bond acceptors (Lipinski definition) is 4. The predicted octanol–water partition coefficient (Wildman–Crippen LogP) is 3.75. The van der Waals surface area contributed by atoms with Crippen molar-refractivity contribution in [2.75, 3.05) is 33.9 Å². The van der Waals surface area contributed by atoms with E-state index in [9.17, 15) is 4.79 Å². The van der Waals surface area contributed by atoms with E-state index in [1.54, 1.807) is 0 Å². The number of ether oxygens (including phenoxy) is 2. The number of likely N-dealkylation sites (N-methyl/N-ethyl adjacent to an activating group) is 1. The SMILES string of the molecule is Cc1cc(OCC(=O)NCc2ccc(OCCN(C)C)cc2)ccc1C(C)C. The van der Waals surface area contributed by atoms with E-state index in [1.807, 2.05) is 50.5 Å². The molecule has 0 heterocycles. The molecule has 0 saturated carbocycles. The Morgan fingerprint density at radius 2 is 1.71 bits per heavy atom. The first-order valence-electron chi connectivity index (χ1n) is 9.71. The molecule has 0 aliphatic carbocycles. The minimum atomic E-state index is -0.142. The summed E-state index contributed by atoms with van der Waals surface area (Å²) >= 11 is 0. The monoisotopic (exact) mass is 384 g/mol. The summed E-state index contributed by atoms with van der Waals surface area (Å²) in [6, 6.07) is 13.7. The van der Waals surface area contributed by atoms with Crippen LogP contribution in [0.1, 0.15) is 36.5 Å². The van der Waals surface area contributed by atoms with Crippen molar-refractivity contribution in [3.8, 4) is 11.5 Å². The maximum atomic E-state index is 12.1. The van der Waals surface area contributed by atoms with Gasteiger partial charge in [-0.15, -0.1) is 0 Å². The number of nitrogens with one attached hydrogen (secondary N) is 1. The van der Waals surface area contributed by atoms with Gasteiger partial charge in [-0.25, -0.2) is 0 Å². The zero-order valence-corrected chi connectivity index (χ0v) is 17.6. The summed E-state index contributed by atoms with van der Waals surface area (Å²) in [6.07, 6.45) is 0. The van der Waals surface area contributed by atoms with Gasteiger partial charge in [-0.1, -0.05) is 32.0 Å². The summed E-state index contributed by atoms with van der Waals surface area (Å²) in [7, 11) is 4.03. The number of benzene rings is 2. The Morgan fingerprint density at radius 1 is 1.04 bits per heavy atom. The van der Waals surface area contributed by atoms with Crippen molar-refractivity contribution in [3.05, 3.63) is 59.2 Å². The average Bonchev–Trinajstić information content (AvgIpc) is 2.65. The Labute approximate surface area is 168 Å². The number of nitrogens with zero attached hydrogens (tertiary/aromatic N) is 1. The summed E-state index contributed by atoms with van der Waals surface area (Å²) < 4.78 is 11.3. The average molecular weight is 385 g/mol. The Morgan fingerprint density at radius 3 is 2.32 bits per heavy atom. The standard InChI is InChI=1S/C23H32N2O3/c1-17(2)22-11-10-21(14-18(22)3)28-16-23(26)24-15-19-6-8-20(9-7-19)27-13-12-25(4)5/h6-11,14,17H,12-13,15-16H2,1-5H3,(H,24,26). The summed E-state index contributed by atoms with van der Waals surface area (Å²) in [4.78, 5) is 14.1. The van der Waals surface area contributed by atoms with E-state index in [0.29, 0.717) is 19.1 Å². The molecular formula is C23H32N2O3. The molecule has 0 aliphatic rings. The molecule has 0 aliphatic heterocycles. The quantitative estimate of drug-likeness (QED) is 0.678. The van der Waals surface area contributed by atoms with Gasteiger partial charge in [-0.3, -0.25) is 4.79 Å². The van der Waals surface area contributed by atoms with Crippen LogP contribution < -0.4 is 14.8 Å². The normalized spacial score (nSPS) is 11.0. The molecule has 0 saturated heterocycles. The molecule has 28 heavy (non-hydrogen) atoms. The smallest absolute Gasteiger partial charge is 0.258 e. The van der Waals surface area contributed by atoms with Crippen LogP contribution in [0.25, 0.3) is 0 Å². The second kappa shape index (κ2) is 10.7. The van der Waals surface area contributed by atoms with Crippen molar-refractivity contribution in [2.45, 2.75) is 33.2 Å². The molecule has 5 heteroatoms. The molecule has 2 rings (SSSR count). The minimum Gasteiger partial charge on any atom is -0.492 e. The highest BCUT2D eigenvalue weighted by Crippen LogP contribution is 2.23. The number of carbonyl (C=O) groups is 1. The van der Waals surface area contributed by atoms with Crippen LogP contribution in [0.15, 0.2) is 42.5 Å². The zero-order chi connectivity index (χ0) is 20.5. The molecule has 0 bridgehead atoms. The highest BCUT2D eigenvalue weighted by atomic mass is 16.5. The fraction of sp³-hybridized carbons (Fsp3) is 0.435. The van der Waals surface area contributed by atoms with Gasteiger partial charge in [0.1, 0.15) is 18.1 Å². The summed E-state index contributed by atoms with van der Waals surface area (Å²) in [5.41, 5.74) is 3.50. The topological polar surface area (TPSA) is 50.8 Å². The van der Waals surface area contributed by atoms with Gasteiger partial charge in [0.25, 0.3) is 5.91 Å². The second-order valence-electron chi connectivity index (χ2n) is 7.53. The van der Waals surface area contributed by atoms with Gasteiger partial charge < -0.3 is 19.7 Å². The molecule has 1 amide bonds. The van der Waals surface area contributed by atoms with Crippen molar-refractivity contribution in [2.24, 2.45) is 0 Å². The minimum absolute atomic E-state index is 0.00615. The van der Waals surface area contributed by atoms with Crippen molar-refractivity contribution in [1.29, 1.82) is 0 Å². The van der Waals surface area contributed by atoms with E-state index in [2.05, 4.69) is 37.1 Å². The van der Waals surface area contributed by atoms with Crippen LogP contribution >= 0.6 is 0 Å². The van der Waals surface area contributed by atoms with Crippen molar-refractivity contribution < 1.29 is 14.3 Å². The lowest BCUT2D eigenvalue weighted by Gasteiger charge is -2.13. The number of aryl methyl sites for hydroxylation is 1. The fourth-order valence-corrected chi connectivity index (χ4v) is 2.84. The first-order chi connectivity index (χ1) is 13.3. The molecular weight excluding hydrogens is 352 g/mol. The van der Waals surface area contributed by atoms with Crippen LogP contribution in [-0.4, -0.2) is 44.7 Å². The number of rotatable bonds is 10. The second-order valence-corrected chi connectivity index (χ2v) is 7.53. The fourth-order valence-electron chi connectivity index (χ4n) is 2.84. The van der Waals surface area contributed by atoms with Crippen molar-refractivity contribution in [3.63, 3.8) is 0 Å². The summed E-state index contributed by atoms with van der Waals surface area (Å²) in [5.74, 6) is 1.88.